The van der Waals surface area contributed by atoms with Crippen molar-refractivity contribution in [3.05, 3.63) is 12.2 Å². The second-order valence-electron chi connectivity index (χ2n) is 8.67. The van der Waals surface area contributed by atoms with Crippen LogP contribution in [0.5, 0.6) is 0 Å². The van der Waals surface area contributed by atoms with Gasteiger partial charge in [0.1, 0.15) is 24.4 Å². The minimum Gasteiger partial charge on any atom is -0.394 e. The maximum absolute atomic E-state index is 11.4. The van der Waals surface area contributed by atoms with Gasteiger partial charge in [-0.3, -0.25) is 0 Å². The zero-order chi connectivity index (χ0) is 21.4. The fourth-order valence-corrected chi connectivity index (χ4v) is 4.21. The minimum atomic E-state index is -1.60. The Balaban J connectivity index is 2.27. The SMILES string of the molecule is C[C@@H]1[C@@H](O[C@@H]2O[C@H](CO)[C@@H](O)[C@H](O)[C@H]2O)[C@H](O)CC(C)(C)[C@]1(O)/C=C/[C@@H](C)O. The summed E-state index contributed by atoms with van der Waals surface area (Å²) in [7, 11) is 0. The molecule has 1 heterocycles. The number of rotatable bonds is 5. The van der Waals surface area contributed by atoms with Gasteiger partial charge < -0.3 is 45.2 Å². The zero-order valence-corrected chi connectivity index (χ0v) is 16.7. The van der Waals surface area contributed by atoms with E-state index >= 15 is 0 Å². The molecule has 0 aromatic rings. The molecule has 164 valence electrons. The monoisotopic (exact) mass is 406 g/mol. The third-order valence-electron chi connectivity index (χ3n) is 6.14. The molecule has 0 spiro atoms. The topological polar surface area (TPSA) is 160 Å². The van der Waals surface area contributed by atoms with Crippen LogP contribution in [0.2, 0.25) is 0 Å². The second-order valence-corrected chi connectivity index (χ2v) is 8.67. The van der Waals surface area contributed by atoms with Gasteiger partial charge in [0.2, 0.25) is 0 Å². The first-order valence-corrected chi connectivity index (χ1v) is 9.59. The van der Waals surface area contributed by atoms with Crippen molar-refractivity contribution in [2.75, 3.05) is 6.61 Å². The quantitative estimate of drug-likeness (QED) is 0.263. The molecule has 1 saturated carbocycles. The lowest BCUT2D eigenvalue weighted by atomic mass is 9.58. The normalized spacial score (nSPS) is 48.0. The van der Waals surface area contributed by atoms with Crippen molar-refractivity contribution in [3.8, 4) is 0 Å². The lowest BCUT2D eigenvalue weighted by Gasteiger charge is -2.54. The molecule has 2 rings (SSSR count). The molecule has 1 aliphatic heterocycles. The van der Waals surface area contributed by atoms with E-state index in [9.17, 15) is 35.7 Å². The number of ether oxygens (including phenoxy) is 2. The minimum absolute atomic E-state index is 0.167. The van der Waals surface area contributed by atoms with Crippen LogP contribution >= 0.6 is 0 Å². The number of aliphatic hydroxyl groups excluding tert-OH is 6. The maximum atomic E-state index is 11.4. The Labute approximate surface area is 164 Å². The van der Waals surface area contributed by atoms with Crippen LogP contribution in [-0.4, -0.2) is 97.0 Å². The van der Waals surface area contributed by atoms with Crippen LogP contribution in [0.4, 0.5) is 0 Å². The molecule has 0 aromatic carbocycles. The Morgan fingerprint density at radius 1 is 1.14 bits per heavy atom. The van der Waals surface area contributed by atoms with Gasteiger partial charge in [-0.15, -0.1) is 0 Å². The van der Waals surface area contributed by atoms with E-state index in [0.717, 1.165) is 0 Å². The molecule has 0 unspecified atom stereocenters. The van der Waals surface area contributed by atoms with Gasteiger partial charge in [-0.2, -0.15) is 0 Å². The van der Waals surface area contributed by atoms with E-state index in [1.165, 1.54) is 12.2 Å². The smallest absolute Gasteiger partial charge is 0.187 e. The van der Waals surface area contributed by atoms with Crippen molar-refractivity contribution >= 4 is 0 Å². The summed E-state index contributed by atoms with van der Waals surface area (Å²) in [5.74, 6) is -0.673. The molecule has 9 nitrogen and oxygen atoms in total. The summed E-state index contributed by atoms with van der Waals surface area (Å²) in [6.45, 7) is 6.22. The van der Waals surface area contributed by atoms with Gasteiger partial charge in [-0.05, 0) is 13.3 Å². The number of aliphatic hydroxyl groups is 7. The number of hydrogen-bond donors (Lipinski definition) is 7. The maximum Gasteiger partial charge on any atom is 0.187 e. The molecule has 1 saturated heterocycles. The van der Waals surface area contributed by atoms with Crippen molar-refractivity contribution < 1.29 is 45.2 Å². The number of hydrogen-bond acceptors (Lipinski definition) is 9. The average molecular weight is 406 g/mol. The van der Waals surface area contributed by atoms with E-state index in [4.69, 9.17) is 9.47 Å². The van der Waals surface area contributed by atoms with Gasteiger partial charge in [-0.25, -0.2) is 0 Å². The van der Waals surface area contributed by atoms with Crippen molar-refractivity contribution in [2.45, 2.75) is 88.7 Å². The summed E-state index contributed by atoms with van der Waals surface area (Å²) >= 11 is 0. The van der Waals surface area contributed by atoms with E-state index in [0.29, 0.717) is 0 Å². The third kappa shape index (κ3) is 4.28. The molecule has 2 aliphatic rings. The van der Waals surface area contributed by atoms with E-state index in [-0.39, 0.29) is 6.42 Å². The lowest BCUT2D eigenvalue weighted by molar-refractivity contribution is -0.332. The molecule has 0 radical (unpaired) electrons. The molecule has 1 aliphatic carbocycles. The van der Waals surface area contributed by atoms with Crippen molar-refractivity contribution in [3.63, 3.8) is 0 Å². The predicted molar refractivity (Wildman–Crippen MR) is 98.0 cm³/mol. The van der Waals surface area contributed by atoms with Gasteiger partial charge in [0.25, 0.3) is 0 Å². The van der Waals surface area contributed by atoms with Crippen LogP contribution in [0, 0.1) is 11.3 Å². The summed E-state index contributed by atoms with van der Waals surface area (Å²) < 4.78 is 11.1. The molecule has 9 heteroatoms. The van der Waals surface area contributed by atoms with Crippen LogP contribution in [0.3, 0.4) is 0 Å². The van der Waals surface area contributed by atoms with Crippen LogP contribution in [0.1, 0.15) is 34.1 Å². The van der Waals surface area contributed by atoms with Crippen LogP contribution in [0.15, 0.2) is 12.2 Å². The molecule has 0 aromatic heterocycles. The first-order valence-electron chi connectivity index (χ1n) is 9.59. The molecular weight excluding hydrogens is 372 g/mol. The fourth-order valence-electron chi connectivity index (χ4n) is 4.21. The Bertz CT molecular complexity index is 550. The molecule has 2 fully saturated rings. The average Bonchev–Trinajstić information content (AvgIpc) is 2.61. The molecule has 28 heavy (non-hydrogen) atoms. The molecular formula is C19H34O9. The van der Waals surface area contributed by atoms with E-state index in [1.807, 2.05) is 0 Å². The standard InChI is InChI=1S/C19H34O9/c1-9(21)5-6-19(26)10(2)16(11(22)7-18(19,3)4)28-17-15(25)14(24)13(23)12(8-20)27-17/h5-6,9-17,20-26H,7-8H2,1-4H3/b6-5+/t9-,10-,11-,12-,13-,14+,15-,16-,17+,19+/m1/s1. The first-order chi connectivity index (χ1) is 12.9. The summed E-state index contributed by atoms with van der Waals surface area (Å²) in [5.41, 5.74) is -2.19. The first kappa shape index (κ1) is 23.7. The summed E-state index contributed by atoms with van der Waals surface area (Å²) in [4.78, 5) is 0. The Morgan fingerprint density at radius 3 is 2.29 bits per heavy atom. The largest absolute Gasteiger partial charge is 0.394 e. The van der Waals surface area contributed by atoms with Gasteiger partial charge in [0, 0.05) is 11.3 Å². The highest BCUT2D eigenvalue weighted by molar-refractivity contribution is 5.17. The molecule has 10 atom stereocenters. The molecule has 7 N–H and O–H groups in total. The highest BCUT2D eigenvalue weighted by Gasteiger charge is 2.57. The molecule has 0 bridgehead atoms. The van der Waals surface area contributed by atoms with Crippen LogP contribution < -0.4 is 0 Å². The lowest BCUT2D eigenvalue weighted by Crippen LogP contribution is -2.64. The van der Waals surface area contributed by atoms with Crippen molar-refractivity contribution in [2.24, 2.45) is 11.3 Å². The Kier molecular flexibility index (Phi) is 7.29. The second kappa shape index (κ2) is 8.63. The summed E-state index contributed by atoms with van der Waals surface area (Å²) in [6.07, 6.45) is -6.89. The van der Waals surface area contributed by atoms with E-state index in [1.54, 1.807) is 27.7 Å². The Morgan fingerprint density at radius 2 is 1.75 bits per heavy atom. The van der Waals surface area contributed by atoms with Gasteiger partial charge in [-0.1, -0.05) is 32.9 Å². The van der Waals surface area contributed by atoms with Crippen LogP contribution in [0.25, 0.3) is 0 Å². The van der Waals surface area contributed by atoms with Crippen molar-refractivity contribution in [1.29, 1.82) is 0 Å². The zero-order valence-electron chi connectivity index (χ0n) is 16.7. The van der Waals surface area contributed by atoms with E-state index in [2.05, 4.69) is 0 Å². The van der Waals surface area contributed by atoms with Crippen molar-refractivity contribution in [1.82, 2.24) is 0 Å². The van der Waals surface area contributed by atoms with Gasteiger partial charge >= 0.3 is 0 Å². The highest BCUT2D eigenvalue weighted by atomic mass is 16.7. The Hall–Kier alpha value is -0.620. The fraction of sp³-hybridized carbons (Fsp3) is 0.895. The van der Waals surface area contributed by atoms with E-state index < -0.39 is 72.6 Å². The van der Waals surface area contributed by atoms with Crippen LogP contribution in [-0.2, 0) is 9.47 Å². The summed E-state index contributed by atoms with van der Waals surface area (Å²) in [5, 5.41) is 70.9. The van der Waals surface area contributed by atoms with Gasteiger partial charge in [0.15, 0.2) is 6.29 Å². The summed E-state index contributed by atoms with van der Waals surface area (Å²) in [6, 6.07) is 0. The molecule has 0 amide bonds. The van der Waals surface area contributed by atoms with Gasteiger partial charge in [0.05, 0.1) is 30.5 Å². The highest BCUT2D eigenvalue weighted by Crippen LogP contribution is 2.49. The third-order valence-corrected chi connectivity index (χ3v) is 6.14. The predicted octanol–water partition coefficient (Wildman–Crippen LogP) is -1.73.